The molecule has 0 bridgehead atoms. The molecule has 0 radical (unpaired) electrons. The minimum absolute atomic E-state index is 0.0216. The molecule has 1 saturated heterocycles. The van der Waals surface area contributed by atoms with Crippen LogP contribution in [0.3, 0.4) is 0 Å². The standard InChI is InChI=1S/C24H34N6O3S/c1-16-13-17(2)23-21(14-16)30(15-20-22(31)6-5-18(3)26-20)24(28-23)27-19-7-10-29(11-8-19)9-4-12-34(25,32)33/h5-6,13-14,19,31H,4,7-12,15H2,1-3H3,(H,27,28)(H2,25,32,33). The van der Waals surface area contributed by atoms with Crippen LogP contribution in [0, 0.1) is 20.8 Å². The molecule has 184 valence electrons. The van der Waals surface area contributed by atoms with E-state index in [1.54, 1.807) is 12.1 Å². The molecule has 0 aliphatic carbocycles. The van der Waals surface area contributed by atoms with Gasteiger partial charge in [-0.15, -0.1) is 0 Å². The maximum Gasteiger partial charge on any atom is 0.209 e. The lowest BCUT2D eigenvalue weighted by Gasteiger charge is -2.32. The van der Waals surface area contributed by atoms with Crippen molar-refractivity contribution < 1.29 is 13.5 Å². The first kappa shape index (κ1) is 24.4. The molecule has 1 aliphatic heterocycles. The van der Waals surface area contributed by atoms with Crippen molar-refractivity contribution in [1.82, 2.24) is 19.4 Å². The summed E-state index contributed by atoms with van der Waals surface area (Å²) < 4.78 is 24.4. The number of imidazole rings is 1. The molecule has 3 aromatic rings. The average Bonchev–Trinajstić information content (AvgIpc) is 3.08. The molecule has 0 unspecified atom stereocenters. The summed E-state index contributed by atoms with van der Waals surface area (Å²) in [6.07, 6.45) is 2.42. The second-order valence-electron chi connectivity index (χ2n) is 9.37. The minimum atomic E-state index is -3.41. The summed E-state index contributed by atoms with van der Waals surface area (Å²) in [4.78, 5) is 11.8. The van der Waals surface area contributed by atoms with Crippen LogP contribution in [0.1, 0.15) is 41.8 Å². The van der Waals surface area contributed by atoms with Crippen LogP contribution in [0.4, 0.5) is 5.95 Å². The Labute approximate surface area is 201 Å². The Kier molecular flexibility index (Phi) is 7.11. The van der Waals surface area contributed by atoms with Gasteiger partial charge in [-0.25, -0.2) is 18.5 Å². The van der Waals surface area contributed by atoms with Crippen LogP contribution in [-0.2, 0) is 16.6 Å². The first-order valence-electron chi connectivity index (χ1n) is 11.7. The van der Waals surface area contributed by atoms with Gasteiger partial charge in [0.1, 0.15) is 11.4 Å². The van der Waals surface area contributed by atoms with Crippen LogP contribution in [0.15, 0.2) is 24.3 Å². The van der Waals surface area contributed by atoms with Gasteiger partial charge >= 0.3 is 0 Å². The number of pyridine rings is 1. The fourth-order valence-electron chi connectivity index (χ4n) is 4.68. The molecule has 10 heteroatoms. The largest absolute Gasteiger partial charge is 0.506 e. The fraction of sp³-hybridized carbons (Fsp3) is 0.500. The molecule has 3 heterocycles. The van der Waals surface area contributed by atoms with Crippen molar-refractivity contribution in [3.8, 4) is 5.75 Å². The second kappa shape index (κ2) is 9.89. The number of nitrogens with two attached hydrogens (primary N) is 1. The smallest absolute Gasteiger partial charge is 0.209 e. The number of likely N-dealkylation sites (tertiary alicyclic amines) is 1. The number of aromatic nitrogens is 3. The van der Waals surface area contributed by atoms with E-state index in [2.05, 4.69) is 45.7 Å². The van der Waals surface area contributed by atoms with E-state index >= 15 is 0 Å². The van der Waals surface area contributed by atoms with Gasteiger partial charge in [0.05, 0.1) is 23.3 Å². The quantitative estimate of drug-likeness (QED) is 0.447. The first-order valence-corrected chi connectivity index (χ1v) is 13.4. The van der Waals surface area contributed by atoms with Gasteiger partial charge in [-0.3, -0.25) is 4.98 Å². The normalized spacial score (nSPS) is 15.8. The molecule has 0 amide bonds. The van der Waals surface area contributed by atoms with E-state index in [1.165, 1.54) is 0 Å². The molecule has 1 fully saturated rings. The third-order valence-corrected chi connectivity index (χ3v) is 7.27. The lowest BCUT2D eigenvalue weighted by molar-refractivity contribution is 0.219. The van der Waals surface area contributed by atoms with Crippen molar-refractivity contribution in [3.63, 3.8) is 0 Å². The summed E-state index contributed by atoms with van der Waals surface area (Å²) in [5, 5.41) is 19.2. The highest BCUT2D eigenvalue weighted by molar-refractivity contribution is 7.89. The van der Waals surface area contributed by atoms with Gasteiger partial charge in [-0.1, -0.05) is 6.07 Å². The van der Waals surface area contributed by atoms with Crippen molar-refractivity contribution in [2.45, 2.75) is 52.6 Å². The zero-order valence-corrected chi connectivity index (χ0v) is 20.9. The van der Waals surface area contributed by atoms with Gasteiger partial charge in [0, 0.05) is 24.8 Å². The maximum atomic E-state index is 11.2. The average molecular weight is 487 g/mol. The number of rotatable bonds is 8. The lowest BCUT2D eigenvalue weighted by atomic mass is 10.1. The topological polar surface area (TPSA) is 126 Å². The number of piperidine rings is 1. The van der Waals surface area contributed by atoms with Crippen LogP contribution in [-0.4, -0.2) is 64.4 Å². The van der Waals surface area contributed by atoms with Gasteiger partial charge in [0.15, 0.2) is 0 Å². The number of aryl methyl sites for hydroxylation is 3. The number of sulfonamides is 1. The number of nitrogens with one attached hydrogen (secondary N) is 1. The van der Waals surface area contributed by atoms with Gasteiger partial charge in [0.25, 0.3) is 0 Å². The highest BCUT2D eigenvalue weighted by atomic mass is 32.2. The lowest BCUT2D eigenvalue weighted by Crippen LogP contribution is -2.40. The molecule has 0 atom stereocenters. The van der Waals surface area contributed by atoms with E-state index in [4.69, 9.17) is 10.1 Å². The van der Waals surface area contributed by atoms with E-state index in [0.29, 0.717) is 18.7 Å². The number of hydrogen-bond donors (Lipinski definition) is 3. The minimum Gasteiger partial charge on any atom is -0.506 e. The Balaban J connectivity index is 1.53. The molecule has 0 spiro atoms. The van der Waals surface area contributed by atoms with Crippen molar-refractivity contribution in [3.05, 3.63) is 46.8 Å². The molecule has 1 aromatic carbocycles. The molecule has 34 heavy (non-hydrogen) atoms. The highest BCUT2D eigenvalue weighted by Gasteiger charge is 2.23. The Morgan fingerprint density at radius 2 is 1.88 bits per heavy atom. The zero-order chi connectivity index (χ0) is 24.5. The van der Waals surface area contributed by atoms with E-state index in [1.807, 2.05) is 6.92 Å². The summed E-state index contributed by atoms with van der Waals surface area (Å²) in [6.45, 7) is 8.99. The van der Waals surface area contributed by atoms with Crippen molar-refractivity contribution >= 4 is 27.0 Å². The number of fused-ring (bicyclic) bond motifs is 1. The molecular formula is C24H34N6O3S. The maximum absolute atomic E-state index is 11.2. The van der Waals surface area contributed by atoms with Crippen LogP contribution in [0.2, 0.25) is 0 Å². The fourth-order valence-corrected chi connectivity index (χ4v) is 5.21. The summed E-state index contributed by atoms with van der Waals surface area (Å²) in [7, 11) is -3.41. The van der Waals surface area contributed by atoms with Gasteiger partial charge in [-0.2, -0.15) is 0 Å². The molecule has 0 saturated carbocycles. The van der Waals surface area contributed by atoms with Crippen LogP contribution in [0.25, 0.3) is 11.0 Å². The zero-order valence-electron chi connectivity index (χ0n) is 20.1. The predicted octanol–water partition coefficient (Wildman–Crippen LogP) is 2.67. The summed E-state index contributed by atoms with van der Waals surface area (Å²) in [5.41, 5.74) is 5.71. The van der Waals surface area contributed by atoms with Crippen molar-refractivity contribution in [2.24, 2.45) is 5.14 Å². The van der Waals surface area contributed by atoms with Gasteiger partial charge < -0.3 is 19.9 Å². The van der Waals surface area contributed by atoms with Gasteiger partial charge in [0.2, 0.25) is 16.0 Å². The molecule has 4 rings (SSSR count). The number of anilines is 1. The number of hydrogen-bond acceptors (Lipinski definition) is 7. The summed E-state index contributed by atoms with van der Waals surface area (Å²) >= 11 is 0. The predicted molar refractivity (Wildman–Crippen MR) is 135 cm³/mol. The Hall–Kier alpha value is -2.69. The third kappa shape index (κ3) is 5.86. The van der Waals surface area contributed by atoms with E-state index in [-0.39, 0.29) is 17.5 Å². The molecule has 4 N–H and O–H groups in total. The van der Waals surface area contributed by atoms with Crippen LogP contribution in [0.5, 0.6) is 5.75 Å². The number of nitrogens with zero attached hydrogens (tertiary/aromatic N) is 4. The van der Waals surface area contributed by atoms with Crippen molar-refractivity contribution in [2.75, 3.05) is 30.7 Å². The Morgan fingerprint density at radius 3 is 2.59 bits per heavy atom. The second-order valence-corrected chi connectivity index (χ2v) is 11.1. The Morgan fingerprint density at radius 1 is 1.15 bits per heavy atom. The van der Waals surface area contributed by atoms with Crippen LogP contribution < -0.4 is 10.5 Å². The summed E-state index contributed by atoms with van der Waals surface area (Å²) in [5.74, 6) is 0.975. The van der Waals surface area contributed by atoms with Crippen LogP contribution >= 0.6 is 0 Å². The molecule has 9 nitrogen and oxygen atoms in total. The molecule has 1 aliphatic rings. The third-order valence-electron chi connectivity index (χ3n) is 6.41. The summed E-state index contributed by atoms with van der Waals surface area (Å²) in [6, 6.07) is 8.00. The number of benzene rings is 1. The first-order chi connectivity index (χ1) is 16.1. The van der Waals surface area contributed by atoms with Gasteiger partial charge in [-0.05, 0) is 75.9 Å². The van der Waals surface area contributed by atoms with E-state index in [0.717, 1.165) is 66.3 Å². The van der Waals surface area contributed by atoms with E-state index < -0.39 is 10.0 Å². The monoisotopic (exact) mass is 486 g/mol. The SMILES string of the molecule is Cc1cc(C)c2nc(NC3CCN(CCCS(N)(=O)=O)CC3)n(Cc3nc(C)ccc3O)c2c1. The molecular weight excluding hydrogens is 452 g/mol. The highest BCUT2D eigenvalue weighted by Crippen LogP contribution is 2.28. The van der Waals surface area contributed by atoms with E-state index in [9.17, 15) is 13.5 Å². The number of aromatic hydroxyl groups is 1. The number of primary sulfonamides is 1. The molecule has 2 aromatic heterocycles. The van der Waals surface area contributed by atoms with Crippen molar-refractivity contribution in [1.29, 1.82) is 0 Å². The Bertz CT molecular complexity index is 1280.